The molecule has 0 aromatic carbocycles. The molecule has 1 aliphatic rings. The van der Waals surface area contributed by atoms with Gasteiger partial charge >= 0.3 is 0 Å². The van der Waals surface area contributed by atoms with Crippen molar-refractivity contribution >= 4 is 36.0 Å². The number of ether oxygens (including phenoxy) is 1. The molecule has 0 spiro atoms. The van der Waals surface area contributed by atoms with Crippen LogP contribution in [-0.4, -0.2) is 63.6 Å². The summed E-state index contributed by atoms with van der Waals surface area (Å²) in [5.41, 5.74) is 2.38. The number of anilines is 2. The van der Waals surface area contributed by atoms with Crippen molar-refractivity contribution in [1.29, 1.82) is 0 Å². The first-order chi connectivity index (χ1) is 15.5. The summed E-state index contributed by atoms with van der Waals surface area (Å²) in [6.45, 7) is 0.0479. The van der Waals surface area contributed by atoms with Gasteiger partial charge in [-0.2, -0.15) is 0 Å². The van der Waals surface area contributed by atoms with E-state index >= 15 is 0 Å². The van der Waals surface area contributed by atoms with Crippen molar-refractivity contribution in [3.8, 4) is 5.88 Å². The highest BCUT2D eigenvalue weighted by Gasteiger charge is 2.26. The number of hydrogen-bond acceptors (Lipinski definition) is 7. The van der Waals surface area contributed by atoms with Crippen molar-refractivity contribution in [2.75, 3.05) is 30.9 Å². The monoisotopic (exact) mass is 437 g/mol. The molecule has 1 N–H and O–H groups in total. The van der Waals surface area contributed by atoms with Gasteiger partial charge in [-0.1, -0.05) is 0 Å². The second kappa shape index (κ2) is 9.00. The quantitative estimate of drug-likeness (QED) is 0.473. The summed E-state index contributed by atoms with van der Waals surface area (Å²) >= 11 is 0. The van der Waals surface area contributed by atoms with Gasteiger partial charge in [-0.15, -0.1) is 0 Å². The molecule has 3 amide bonds. The van der Waals surface area contributed by atoms with Gasteiger partial charge < -0.3 is 15.0 Å². The molecular formula is C21H23N7O4. The number of nitrogens with zero attached hydrogens (tertiary/aromatic N) is 6. The minimum Gasteiger partial charge on any atom is -0.471 e. The van der Waals surface area contributed by atoms with Crippen molar-refractivity contribution < 1.29 is 19.1 Å². The zero-order chi connectivity index (χ0) is 22.7. The third-order valence-corrected chi connectivity index (χ3v) is 5.11. The summed E-state index contributed by atoms with van der Waals surface area (Å²) in [7, 11) is 3.30. The van der Waals surface area contributed by atoms with E-state index in [9.17, 15) is 14.4 Å². The van der Waals surface area contributed by atoms with Crippen LogP contribution in [0.1, 0.15) is 30.0 Å². The van der Waals surface area contributed by atoms with E-state index in [0.29, 0.717) is 41.7 Å². The largest absolute Gasteiger partial charge is 0.471 e. The van der Waals surface area contributed by atoms with Gasteiger partial charge in [0.25, 0.3) is 0 Å². The minimum absolute atomic E-state index is 0.0722. The van der Waals surface area contributed by atoms with E-state index in [1.807, 2.05) is 12.1 Å². The fourth-order valence-corrected chi connectivity index (χ4v) is 3.25. The van der Waals surface area contributed by atoms with Gasteiger partial charge in [0.2, 0.25) is 24.6 Å². The Labute approximate surface area is 184 Å². The van der Waals surface area contributed by atoms with E-state index in [4.69, 9.17) is 4.74 Å². The maximum atomic E-state index is 12.2. The summed E-state index contributed by atoms with van der Waals surface area (Å²) < 4.78 is 7.47. The van der Waals surface area contributed by atoms with Gasteiger partial charge in [-0.25, -0.2) is 15.0 Å². The minimum atomic E-state index is -0.186. The van der Waals surface area contributed by atoms with Crippen LogP contribution in [0.4, 0.5) is 11.6 Å². The first-order valence-corrected chi connectivity index (χ1v) is 10.1. The van der Waals surface area contributed by atoms with Crippen molar-refractivity contribution in [2.45, 2.75) is 25.4 Å². The molecule has 0 bridgehead atoms. The Bertz CT molecular complexity index is 1160. The maximum absolute atomic E-state index is 12.2. The zero-order valence-corrected chi connectivity index (χ0v) is 17.8. The smallest absolute Gasteiger partial charge is 0.242 e. The lowest BCUT2D eigenvalue weighted by Gasteiger charge is -2.21. The van der Waals surface area contributed by atoms with Crippen molar-refractivity contribution in [2.24, 2.45) is 0 Å². The summed E-state index contributed by atoms with van der Waals surface area (Å²) in [4.78, 5) is 50.1. The van der Waals surface area contributed by atoms with E-state index in [-0.39, 0.29) is 24.9 Å². The van der Waals surface area contributed by atoms with Crippen LogP contribution in [0.5, 0.6) is 5.88 Å². The molecule has 4 rings (SSSR count). The number of fused-ring (bicyclic) bond motifs is 1. The average Bonchev–Trinajstić information content (AvgIpc) is 3.55. The number of imidazole rings is 1. The van der Waals surface area contributed by atoms with Gasteiger partial charge in [0.05, 0.1) is 5.69 Å². The second-order valence-corrected chi connectivity index (χ2v) is 7.70. The number of aromatic nitrogens is 4. The number of hydrogen-bond donors (Lipinski definition) is 1. The van der Waals surface area contributed by atoms with E-state index < -0.39 is 0 Å². The molecule has 0 radical (unpaired) electrons. The number of carbonyl (C=O) groups excluding carboxylic acids is 3. The SMILES string of the molecule is CN(C)C(=O)CN(C=O)c1cc(C2CC2)cc2nc(COc3cc(NC=O)ncn3)cn12. The van der Waals surface area contributed by atoms with Gasteiger partial charge in [-0.05, 0) is 36.5 Å². The molecule has 1 saturated carbocycles. The fraction of sp³-hybridized carbons (Fsp3) is 0.333. The lowest BCUT2D eigenvalue weighted by molar-refractivity contribution is -0.128. The third-order valence-electron chi connectivity index (χ3n) is 5.11. The van der Waals surface area contributed by atoms with Gasteiger partial charge in [-0.3, -0.25) is 23.7 Å². The van der Waals surface area contributed by atoms with Crippen molar-refractivity contribution in [3.05, 3.63) is 42.0 Å². The Morgan fingerprint density at radius 3 is 2.75 bits per heavy atom. The van der Waals surface area contributed by atoms with E-state index in [1.165, 1.54) is 22.2 Å². The van der Waals surface area contributed by atoms with Crippen LogP contribution < -0.4 is 15.0 Å². The number of pyridine rings is 1. The first kappa shape index (κ1) is 21.2. The Morgan fingerprint density at radius 1 is 1.25 bits per heavy atom. The molecule has 11 nitrogen and oxygen atoms in total. The molecule has 1 aliphatic carbocycles. The lowest BCUT2D eigenvalue weighted by atomic mass is 10.1. The number of amides is 3. The summed E-state index contributed by atoms with van der Waals surface area (Å²) in [5.74, 6) is 1.44. The maximum Gasteiger partial charge on any atom is 0.242 e. The van der Waals surface area contributed by atoms with E-state index in [2.05, 4.69) is 20.3 Å². The molecular weight excluding hydrogens is 414 g/mol. The Hall–Kier alpha value is -4.02. The standard InChI is InChI=1S/C21H23N7O4/c1-26(2)21(31)9-27(13-30)20-6-15(14-3-4-14)5-18-25-16(8-28(18)20)10-32-19-7-17(24-12-29)22-11-23-19/h5-8,11-14H,3-4,9-10H2,1-2H3,(H,22,23,24,29). The topological polar surface area (TPSA) is 122 Å². The molecule has 0 aliphatic heterocycles. The van der Waals surface area contributed by atoms with E-state index in [0.717, 1.165) is 18.4 Å². The Kier molecular flexibility index (Phi) is 5.97. The predicted octanol–water partition coefficient (Wildman–Crippen LogP) is 1.20. The molecule has 32 heavy (non-hydrogen) atoms. The van der Waals surface area contributed by atoms with Crippen LogP contribution >= 0.6 is 0 Å². The molecule has 3 heterocycles. The molecule has 11 heteroatoms. The summed E-state index contributed by atoms with van der Waals surface area (Å²) in [6, 6.07) is 5.44. The highest BCUT2D eigenvalue weighted by Crippen LogP contribution is 2.41. The van der Waals surface area contributed by atoms with Crippen molar-refractivity contribution in [1.82, 2.24) is 24.3 Å². The van der Waals surface area contributed by atoms with Crippen molar-refractivity contribution in [3.63, 3.8) is 0 Å². The van der Waals surface area contributed by atoms with Gasteiger partial charge in [0, 0.05) is 26.4 Å². The zero-order valence-electron chi connectivity index (χ0n) is 17.8. The summed E-state index contributed by atoms with van der Waals surface area (Å²) in [6.07, 6.45) is 6.42. The number of rotatable bonds is 10. The van der Waals surface area contributed by atoms with Crippen LogP contribution in [0, 0.1) is 0 Å². The van der Waals surface area contributed by atoms with Crippen LogP contribution in [0.25, 0.3) is 5.65 Å². The normalized spacial score (nSPS) is 12.9. The van der Waals surface area contributed by atoms with Gasteiger partial charge in [0.1, 0.15) is 36.8 Å². The highest BCUT2D eigenvalue weighted by atomic mass is 16.5. The molecule has 0 atom stereocenters. The number of likely N-dealkylation sites (N-methyl/N-ethyl adjacent to an activating group) is 1. The third kappa shape index (κ3) is 4.66. The molecule has 1 fully saturated rings. The molecule has 0 saturated heterocycles. The predicted molar refractivity (Wildman–Crippen MR) is 115 cm³/mol. The first-order valence-electron chi connectivity index (χ1n) is 10.1. The van der Waals surface area contributed by atoms with Crippen LogP contribution in [0.2, 0.25) is 0 Å². The Morgan fingerprint density at radius 2 is 2.06 bits per heavy atom. The molecule has 166 valence electrons. The molecule has 3 aromatic heterocycles. The second-order valence-electron chi connectivity index (χ2n) is 7.70. The lowest BCUT2D eigenvalue weighted by Crippen LogP contribution is -2.36. The van der Waals surface area contributed by atoms with Crippen LogP contribution in [0.15, 0.2) is 30.7 Å². The highest BCUT2D eigenvalue weighted by molar-refractivity contribution is 5.88. The Balaban J connectivity index is 1.62. The van der Waals surface area contributed by atoms with E-state index in [1.54, 1.807) is 24.7 Å². The average molecular weight is 437 g/mol. The van der Waals surface area contributed by atoms with Crippen LogP contribution in [-0.2, 0) is 21.0 Å². The number of nitrogens with one attached hydrogen (secondary N) is 1. The number of carbonyl (C=O) groups is 3. The van der Waals surface area contributed by atoms with Gasteiger partial charge in [0.15, 0.2) is 0 Å². The fourth-order valence-electron chi connectivity index (χ4n) is 3.25. The van der Waals surface area contributed by atoms with Crippen LogP contribution in [0.3, 0.4) is 0 Å². The summed E-state index contributed by atoms with van der Waals surface area (Å²) in [5, 5.41) is 2.44. The molecule has 3 aromatic rings. The molecule has 0 unspecified atom stereocenters.